The highest BCUT2D eigenvalue weighted by Gasteiger charge is 2.43. The van der Waals surface area contributed by atoms with Gasteiger partial charge in [0.25, 0.3) is 12.3 Å². The molecule has 84 heavy (non-hydrogen) atoms. The largest absolute Gasteiger partial charge is 0.464 e. The van der Waals surface area contributed by atoms with Crippen molar-refractivity contribution in [3.8, 4) is 0 Å². The quantitative estimate of drug-likeness (QED) is 0.0295. The smallest absolute Gasteiger partial charge is 0.418 e. The number of aryl methyl sites for hydroxylation is 1. The van der Waals surface area contributed by atoms with Crippen molar-refractivity contribution in [3.63, 3.8) is 0 Å². The van der Waals surface area contributed by atoms with E-state index in [2.05, 4.69) is 20.4 Å². The van der Waals surface area contributed by atoms with E-state index in [1.807, 2.05) is 5.32 Å². The molecule has 0 radical (unpaired) electrons. The van der Waals surface area contributed by atoms with Crippen LogP contribution in [0.4, 0.5) is 71.2 Å². The van der Waals surface area contributed by atoms with E-state index in [-0.39, 0.29) is 47.8 Å². The maximum absolute atomic E-state index is 13.1. The van der Waals surface area contributed by atoms with Crippen molar-refractivity contribution in [2.24, 2.45) is 17.4 Å². The van der Waals surface area contributed by atoms with Crippen LogP contribution >= 0.6 is 58.0 Å². The summed E-state index contributed by atoms with van der Waals surface area (Å²) in [5.41, 5.74) is -6.80. The molecule has 1 N–H and O–H groups in total. The van der Waals surface area contributed by atoms with Gasteiger partial charge in [-0.25, -0.2) is 23.6 Å². The maximum Gasteiger partial charge on any atom is 0.418 e. The van der Waals surface area contributed by atoms with Crippen LogP contribution in [0.3, 0.4) is 0 Å². The summed E-state index contributed by atoms with van der Waals surface area (Å²) in [7, 11) is 5.24. The number of carbonyl (C=O) groups excluding carboxylic acids is 2. The number of pyridine rings is 1. The van der Waals surface area contributed by atoms with Gasteiger partial charge in [0.1, 0.15) is 30.3 Å². The molecule has 0 spiro atoms. The van der Waals surface area contributed by atoms with Gasteiger partial charge in [-0.3, -0.25) is 34.5 Å². The molecule has 4 aromatic carbocycles. The molecule has 2 heterocycles. The monoisotopic (exact) mass is 1300 g/mol. The number of hydrogen-bond acceptors (Lipinski definition) is 15. The average Bonchev–Trinajstić information content (AvgIpc) is 2.37. The van der Waals surface area contributed by atoms with Gasteiger partial charge in [0.05, 0.1) is 63.1 Å². The van der Waals surface area contributed by atoms with Crippen LogP contribution in [0.2, 0.25) is 25.1 Å². The molecule has 0 bridgehead atoms. The first-order chi connectivity index (χ1) is 39.1. The van der Waals surface area contributed by atoms with Gasteiger partial charge in [0, 0.05) is 51.7 Å². The summed E-state index contributed by atoms with van der Waals surface area (Å²) < 4.78 is 148. The Morgan fingerprint density at radius 3 is 1.94 bits per heavy atom. The lowest BCUT2D eigenvalue weighted by Crippen LogP contribution is -2.39. The predicted octanol–water partition coefficient (Wildman–Crippen LogP) is 15.1. The molecule has 0 aliphatic heterocycles. The second-order valence-electron chi connectivity index (χ2n) is 16.6. The third-order valence-corrected chi connectivity index (χ3v) is 12.4. The minimum Gasteiger partial charge on any atom is -0.464 e. The second-order valence-corrected chi connectivity index (χ2v) is 18.6. The highest BCUT2D eigenvalue weighted by atomic mass is 35.5. The minimum atomic E-state index is -5.27. The SMILES string of the molecule is CO/N=C(/C(=O)OC)c1ccccc1CO/N=C(\C)c1cccc(C(F)(F)F)c1.CON(C(=O)c1cn(C)nc1C(F)F)C(C)Cc1c(Cl)cc(Cl)cc1Cl.O=[N+]([O-])c1cc(C(F)(F)F)c(Cl)c([N+](=O)[O-])c1Nc1ncc(C(F)(F)F)cc1Cl. The predicted molar refractivity (Wildman–Crippen MR) is 284 cm³/mol. The van der Waals surface area contributed by atoms with E-state index in [0.717, 1.165) is 21.9 Å². The van der Waals surface area contributed by atoms with Gasteiger partial charge < -0.3 is 19.7 Å². The maximum atomic E-state index is 13.1. The number of halogens is 16. The molecule has 1 amide bonds. The van der Waals surface area contributed by atoms with Crippen molar-refractivity contribution in [2.75, 3.05) is 26.6 Å². The van der Waals surface area contributed by atoms with Crippen LogP contribution in [0.1, 0.15) is 75.3 Å². The lowest BCUT2D eigenvalue weighted by molar-refractivity contribution is -0.392. The number of anilines is 2. The number of esters is 1. The zero-order valence-electron chi connectivity index (χ0n) is 43.4. The van der Waals surface area contributed by atoms with Gasteiger partial charge in [0.15, 0.2) is 11.4 Å². The van der Waals surface area contributed by atoms with E-state index in [4.69, 9.17) is 77.3 Å². The van der Waals surface area contributed by atoms with Crippen molar-refractivity contribution < 1.29 is 87.0 Å². The molecule has 35 heteroatoms. The zero-order chi connectivity index (χ0) is 63.3. The minimum absolute atomic E-state index is 0.0484. The fraction of sp³-hybridized carbons (Fsp3) is 0.265. The Hall–Kier alpha value is -7.64. The molecule has 6 aromatic rings. The Morgan fingerprint density at radius 2 is 1.42 bits per heavy atom. The number of methoxy groups -OCH3 is 1. The number of hydroxylamine groups is 2. The first-order valence-corrected chi connectivity index (χ1v) is 24.6. The summed E-state index contributed by atoms with van der Waals surface area (Å²) in [5.74, 6) is -2.14. The number of alkyl halides is 11. The number of carbonyl (C=O) groups is 2. The number of ether oxygens (including phenoxy) is 1. The van der Waals surface area contributed by atoms with Crippen molar-refractivity contribution in [2.45, 2.75) is 57.9 Å². The molecule has 1 unspecified atom stereocenters. The van der Waals surface area contributed by atoms with E-state index in [1.54, 1.807) is 31.2 Å². The molecule has 0 fully saturated rings. The Morgan fingerprint density at radius 1 is 0.798 bits per heavy atom. The number of nitrogens with zero attached hydrogens (tertiary/aromatic N) is 8. The molecule has 1 atom stereocenters. The van der Waals surface area contributed by atoms with E-state index in [9.17, 15) is 78.1 Å². The highest BCUT2D eigenvalue weighted by molar-refractivity contribution is 6.43. The van der Waals surface area contributed by atoms with Crippen LogP contribution in [0.15, 0.2) is 95.5 Å². The van der Waals surface area contributed by atoms with Crippen molar-refractivity contribution in [1.29, 1.82) is 0 Å². The van der Waals surface area contributed by atoms with Gasteiger partial charge in [-0.1, -0.05) is 105 Å². The zero-order valence-corrected chi connectivity index (χ0v) is 47.1. The number of nitro benzene ring substituents is 2. The van der Waals surface area contributed by atoms with Crippen LogP contribution in [0, 0.1) is 20.2 Å². The summed E-state index contributed by atoms with van der Waals surface area (Å²) in [6, 6.07) is 14.4. The van der Waals surface area contributed by atoms with E-state index >= 15 is 0 Å². The second kappa shape index (κ2) is 29.2. The Labute approximate surface area is 491 Å². The summed E-state index contributed by atoms with van der Waals surface area (Å²) >= 11 is 29.3. The standard InChI is InChI=1S/C20H19F3N2O4.C16H16Cl3F2N3O2.C13H4Cl2F6N4O4/c1-13(14-8-6-9-16(11-14)20(21,22)23)24-29-12-15-7-4-5-10-17(15)18(25-28-3)19(26)27-2;1-8(4-10-12(18)5-9(17)6-13(10)19)24(26-3)16(25)11-7-23(2)22-14(11)15(20)21;14-6-1-4(12(16,17)18)3-22-11(6)23-9-7(24(26)27)2-5(13(19,20)21)8(15)10(9)25(28)29/h4-11H,12H2,1-3H3;5-8,15H,4H2,1-3H3;1-3H,(H,22,23)/b24-13+,25-18+;;. The number of aromatic nitrogens is 3. The summed E-state index contributed by atoms with van der Waals surface area (Å²) in [5, 5.41) is 35.4. The Kier molecular flexibility index (Phi) is 24.0. The van der Waals surface area contributed by atoms with Crippen molar-refractivity contribution in [3.05, 3.63) is 181 Å². The number of rotatable bonds is 17. The number of oxime groups is 2. The molecule has 0 saturated carbocycles. The molecule has 2 aromatic heterocycles. The van der Waals surface area contributed by atoms with E-state index < -0.39 is 108 Å². The lowest BCUT2D eigenvalue weighted by atomic mass is 10.0. The molecule has 0 saturated heterocycles. The third-order valence-electron chi connectivity index (χ3n) is 10.9. The fourth-order valence-corrected chi connectivity index (χ4v) is 8.58. The summed E-state index contributed by atoms with van der Waals surface area (Å²) in [4.78, 5) is 62.7. The molecule has 0 aliphatic carbocycles. The number of hydrogen-bond donors (Lipinski definition) is 1. The third kappa shape index (κ3) is 17.9. The van der Waals surface area contributed by atoms with Gasteiger partial charge in [-0.2, -0.15) is 44.6 Å². The van der Waals surface area contributed by atoms with Crippen LogP contribution in [0.5, 0.6) is 0 Å². The molecular weight excluding hydrogens is 1260 g/mol. The normalized spacial score (nSPS) is 12.3. The van der Waals surface area contributed by atoms with Gasteiger partial charge in [-0.15, -0.1) is 0 Å². The first kappa shape index (κ1) is 68.9. The molecule has 452 valence electrons. The Balaban J connectivity index is 0.000000271. The van der Waals surface area contributed by atoms with E-state index in [0.29, 0.717) is 37.8 Å². The number of nitrogens with one attached hydrogen (secondary N) is 1. The molecule has 0 aliphatic rings. The lowest BCUT2D eigenvalue weighted by Gasteiger charge is -2.27. The van der Waals surface area contributed by atoms with Crippen LogP contribution in [-0.2, 0) is 62.6 Å². The first-order valence-electron chi connectivity index (χ1n) is 22.7. The van der Waals surface area contributed by atoms with Gasteiger partial charge in [-0.05, 0) is 61.7 Å². The topological polar surface area (TPSA) is 228 Å². The van der Waals surface area contributed by atoms with Crippen LogP contribution in [0.25, 0.3) is 0 Å². The summed E-state index contributed by atoms with van der Waals surface area (Å²) in [6.07, 6.45) is -15.7. The average molecular weight is 1300 g/mol. The van der Waals surface area contributed by atoms with Gasteiger partial charge in [0.2, 0.25) is 0 Å². The summed E-state index contributed by atoms with van der Waals surface area (Å²) in [6.45, 7) is 3.17. The fourth-order valence-electron chi connectivity index (χ4n) is 7.07. The number of nitro groups is 2. The van der Waals surface area contributed by atoms with Crippen LogP contribution < -0.4 is 5.32 Å². The van der Waals surface area contributed by atoms with E-state index in [1.165, 1.54) is 65.8 Å². The Bertz CT molecular complexity index is 3440. The number of amides is 1. The molecule has 6 rings (SSSR count). The number of benzene rings is 4. The van der Waals surface area contributed by atoms with Gasteiger partial charge >= 0.3 is 35.9 Å². The van der Waals surface area contributed by atoms with Crippen molar-refractivity contribution in [1.82, 2.24) is 19.8 Å². The van der Waals surface area contributed by atoms with Crippen LogP contribution in [-0.4, -0.2) is 80.3 Å². The molecular formula is C49H39Cl5F11N9O10. The highest BCUT2D eigenvalue weighted by Crippen LogP contribution is 2.49. The van der Waals surface area contributed by atoms with Crippen molar-refractivity contribution >= 4 is 104 Å². The molecule has 19 nitrogen and oxygen atoms in total.